The molecule has 112 valence electrons. The monoisotopic (exact) mass is 281 g/mol. The van der Waals surface area contributed by atoms with Gasteiger partial charge in [-0.15, -0.1) is 0 Å². The quantitative estimate of drug-likeness (QED) is 0.739. The largest absolute Gasteiger partial charge is 0.383 e. The van der Waals surface area contributed by atoms with Gasteiger partial charge in [0.15, 0.2) is 5.69 Å². The first-order chi connectivity index (χ1) is 9.63. The molecule has 0 spiro atoms. The molecule has 0 aromatic carbocycles. The lowest BCUT2D eigenvalue weighted by atomic mass is 10.2. The number of nitrogens with zero attached hydrogens (tertiary/aromatic N) is 2. The molecule has 0 radical (unpaired) electrons. The fourth-order valence-corrected chi connectivity index (χ4v) is 2.40. The van der Waals surface area contributed by atoms with E-state index in [0.29, 0.717) is 6.54 Å². The Morgan fingerprint density at radius 1 is 1.25 bits per heavy atom. The Morgan fingerprint density at radius 2 is 1.95 bits per heavy atom. The highest BCUT2D eigenvalue weighted by atomic mass is 16.2. The van der Waals surface area contributed by atoms with Crippen LogP contribution in [0.15, 0.2) is 9.59 Å². The van der Waals surface area contributed by atoms with Crippen molar-refractivity contribution in [1.29, 1.82) is 0 Å². The van der Waals surface area contributed by atoms with Crippen molar-refractivity contribution in [3.05, 3.63) is 20.8 Å². The van der Waals surface area contributed by atoms with Gasteiger partial charge in [0.2, 0.25) is 0 Å². The Morgan fingerprint density at radius 3 is 2.60 bits per heavy atom. The SMILES string of the molecule is CCCCn1c(N)c(NN2CCCCC2)c(=O)[nH]c1=O. The van der Waals surface area contributed by atoms with Crippen LogP contribution in [0.4, 0.5) is 11.5 Å². The van der Waals surface area contributed by atoms with E-state index in [9.17, 15) is 9.59 Å². The maximum atomic E-state index is 11.9. The lowest BCUT2D eigenvalue weighted by Gasteiger charge is -2.28. The van der Waals surface area contributed by atoms with Crippen LogP contribution >= 0.6 is 0 Å². The molecule has 1 saturated heterocycles. The van der Waals surface area contributed by atoms with Gasteiger partial charge >= 0.3 is 5.69 Å². The average Bonchev–Trinajstić information content (AvgIpc) is 2.44. The lowest BCUT2D eigenvalue weighted by molar-refractivity contribution is 0.273. The number of aromatic nitrogens is 2. The maximum absolute atomic E-state index is 11.9. The summed E-state index contributed by atoms with van der Waals surface area (Å²) in [5.41, 5.74) is 8.45. The summed E-state index contributed by atoms with van der Waals surface area (Å²) in [6, 6.07) is 0. The summed E-state index contributed by atoms with van der Waals surface area (Å²) >= 11 is 0. The molecule has 0 amide bonds. The predicted molar refractivity (Wildman–Crippen MR) is 79.7 cm³/mol. The summed E-state index contributed by atoms with van der Waals surface area (Å²) < 4.78 is 1.43. The number of H-pyrrole nitrogens is 1. The van der Waals surface area contributed by atoms with E-state index in [4.69, 9.17) is 5.73 Å². The third kappa shape index (κ3) is 3.22. The van der Waals surface area contributed by atoms with Crippen molar-refractivity contribution in [3.63, 3.8) is 0 Å². The van der Waals surface area contributed by atoms with Crippen LogP contribution in [0.1, 0.15) is 39.0 Å². The average molecular weight is 281 g/mol. The van der Waals surface area contributed by atoms with E-state index in [-0.39, 0.29) is 11.5 Å². The van der Waals surface area contributed by atoms with Gasteiger partial charge in [-0.1, -0.05) is 19.8 Å². The molecular formula is C13H23N5O2. The molecule has 1 aliphatic heterocycles. The first-order valence-electron chi connectivity index (χ1n) is 7.27. The summed E-state index contributed by atoms with van der Waals surface area (Å²) in [5, 5.41) is 1.99. The van der Waals surface area contributed by atoms with E-state index < -0.39 is 11.2 Å². The molecule has 1 aliphatic rings. The fraction of sp³-hybridized carbons (Fsp3) is 0.692. The highest BCUT2D eigenvalue weighted by Crippen LogP contribution is 2.15. The molecule has 20 heavy (non-hydrogen) atoms. The van der Waals surface area contributed by atoms with Crippen molar-refractivity contribution in [2.24, 2.45) is 0 Å². The van der Waals surface area contributed by atoms with Gasteiger partial charge in [0, 0.05) is 19.6 Å². The van der Waals surface area contributed by atoms with Gasteiger partial charge in [0.25, 0.3) is 5.56 Å². The third-order valence-electron chi connectivity index (χ3n) is 3.60. The summed E-state index contributed by atoms with van der Waals surface area (Å²) in [6.45, 7) is 4.33. The van der Waals surface area contributed by atoms with Gasteiger partial charge in [0.1, 0.15) is 5.82 Å². The van der Waals surface area contributed by atoms with E-state index in [2.05, 4.69) is 10.4 Å². The number of anilines is 2. The molecule has 1 aromatic heterocycles. The molecule has 7 nitrogen and oxygen atoms in total. The summed E-state index contributed by atoms with van der Waals surface area (Å²) in [4.78, 5) is 26.0. The van der Waals surface area contributed by atoms with Crippen LogP contribution in [0.25, 0.3) is 0 Å². The second kappa shape index (κ2) is 6.60. The van der Waals surface area contributed by atoms with Gasteiger partial charge in [0.05, 0.1) is 0 Å². The van der Waals surface area contributed by atoms with Crippen molar-refractivity contribution < 1.29 is 0 Å². The van der Waals surface area contributed by atoms with Gasteiger partial charge in [-0.25, -0.2) is 9.80 Å². The lowest BCUT2D eigenvalue weighted by Crippen LogP contribution is -2.40. The smallest absolute Gasteiger partial charge is 0.330 e. The van der Waals surface area contributed by atoms with Gasteiger partial charge in [-0.05, 0) is 19.3 Å². The molecule has 1 aromatic rings. The number of piperidine rings is 1. The molecule has 2 rings (SSSR count). The summed E-state index contributed by atoms with van der Waals surface area (Å²) in [6.07, 6.45) is 5.21. The molecule has 0 unspecified atom stereocenters. The normalized spacial score (nSPS) is 16.2. The van der Waals surface area contributed by atoms with E-state index >= 15 is 0 Å². The maximum Gasteiger partial charge on any atom is 0.330 e. The van der Waals surface area contributed by atoms with Crippen molar-refractivity contribution in [2.45, 2.75) is 45.6 Å². The standard InChI is InChI=1S/C13H23N5O2/c1-2-3-9-18-11(14)10(12(19)15-13(18)20)16-17-7-5-4-6-8-17/h16H,2-9,14H2,1H3,(H,15,19,20). The first kappa shape index (κ1) is 14.6. The Bertz CT molecular complexity index is 557. The Hall–Kier alpha value is -1.76. The molecule has 0 saturated carbocycles. The van der Waals surface area contributed by atoms with Gasteiger partial charge in [-0.2, -0.15) is 0 Å². The minimum Gasteiger partial charge on any atom is -0.383 e. The number of unbranched alkanes of at least 4 members (excludes halogenated alkanes) is 1. The van der Waals surface area contributed by atoms with E-state index in [1.54, 1.807) is 0 Å². The van der Waals surface area contributed by atoms with Crippen LogP contribution in [0.2, 0.25) is 0 Å². The fourth-order valence-electron chi connectivity index (χ4n) is 2.40. The molecule has 0 bridgehead atoms. The van der Waals surface area contributed by atoms with E-state index in [1.807, 2.05) is 11.9 Å². The molecular weight excluding hydrogens is 258 g/mol. The third-order valence-corrected chi connectivity index (χ3v) is 3.60. The van der Waals surface area contributed by atoms with E-state index in [1.165, 1.54) is 11.0 Å². The molecule has 2 heterocycles. The number of nitrogens with two attached hydrogens (primary N) is 1. The number of nitrogen functional groups attached to an aromatic ring is 1. The van der Waals surface area contributed by atoms with Crippen LogP contribution in [0, 0.1) is 0 Å². The number of aromatic amines is 1. The number of hydrogen-bond acceptors (Lipinski definition) is 5. The zero-order chi connectivity index (χ0) is 14.5. The second-order valence-corrected chi connectivity index (χ2v) is 5.18. The minimum absolute atomic E-state index is 0.220. The molecule has 0 aliphatic carbocycles. The first-order valence-corrected chi connectivity index (χ1v) is 7.27. The number of rotatable bonds is 5. The zero-order valence-corrected chi connectivity index (χ0v) is 11.9. The van der Waals surface area contributed by atoms with Crippen LogP contribution in [0.3, 0.4) is 0 Å². The van der Waals surface area contributed by atoms with Crippen LogP contribution in [-0.4, -0.2) is 27.6 Å². The topological polar surface area (TPSA) is 96.2 Å². The molecule has 1 fully saturated rings. The Labute approximate surface area is 117 Å². The van der Waals surface area contributed by atoms with Crippen molar-refractivity contribution in [2.75, 3.05) is 24.2 Å². The Balaban J connectivity index is 2.26. The van der Waals surface area contributed by atoms with Gasteiger partial charge in [-0.3, -0.25) is 14.3 Å². The Kier molecular flexibility index (Phi) is 4.84. The second-order valence-electron chi connectivity index (χ2n) is 5.18. The highest BCUT2D eigenvalue weighted by molar-refractivity contribution is 5.59. The predicted octanol–water partition coefficient (Wildman–Crippen LogP) is 0.732. The number of nitrogens with one attached hydrogen (secondary N) is 2. The van der Waals surface area contributed by atoms with Crippen LogP contribution in [-0.2, 0) is 6.54 Å². The summed E-state index contributed by atoms with van der Waals surface area (Å²) in [7, 11) is 0. The number of hydrogen-bond donors (Lipinski definition) is 3. The van der Waals surface area contributed by atoms with Crippen molar-refractivity contribution >= 4 is 11.5 Å². The summed E-state index contributed by atoms with van der Waals surface area (Å²) in [5.74, 6) is 0.220. The van der Waals surface area contributed by atoms with Crippen molar-refractivity contribution in [1.82, 2.24) is 14.6 Å². The number of hydrazine groups is 1. The highest BCUT2D eigenvalue weighted by Gasteiger charge is 2.16. The zero-order valence-electron chi connectivity index (χ0n) is 11.9. The molecule has 7 heteroatoms. The molecule has 4 N–H and O–H groups in total. The molecule has 0 atom stereocenters. The van der Waals surface area contributed by atoms with Gasteiger partial charge < -0.3 is 11.2 Å². The van der Waals surface area contributed by atoms with Crippen molar-refractivity contribution in [3.8, 4) is 0 Å². The van der Waals surface area contributed by atoms with E-state index in [0.717, 1.165) is 38.8 Å². The van der Waals surface area contributed by atoms with Crippen LogP contribution < -0.4 is 22.4 Å². The van der Waals surface area contributed by atoms with Crippen LogP contribution in [0.5, 0.6) is 0 Å². The minimum atomic E-state index is -0.453.